The van der Waals surface area contributed by atoms with E-state index in [1.807, 2.05) is 17.1 Å². The molecule has 68 valence electrons. The summed E-state index contributed by atoms with van der Waals surface area (Å²) in [4.78, 5) is 1.97. The van der Waals surface area contributed by atoms with Crippen molar-refractivity contribution in [2.24, 2.45) is 5.73 Å². The predicted molar refractivity (Wildman–Crippen MR) is 60.8 cm³/mol. The quantitative estimate of drug-likeness (QED) is 0.642. The Morgan fingerprint density at radius 2 is 1.75 bits per heavy atom. The zero-order chi connectivity index (χ0) is 9.40. The molecule has 12 heavy (non-hydrogen) atoms. The highest BCUT2D eigenvalue weighted by Gasteiger charge is 1.89. The second-order valence-corrected chi connectivity index (χ2v) is 2.21. The number of rotatable bonds is 2. The van der Waals surface area contributed by atoms with Crippen molar-refractivity contribution in [2.75, 3.05) is 11.5 Å². The number of benzene rings is 1. The van der Waals surface area contributed by atoms with Gasteiger partial charge in [0.1, 0.15) is 5.75 Å². The first-order valence-electron chi connectivity index (χ1n) is 3.68. The van der Waals surface area contributed by atoms with Crippen molar-refractivity contribution in [3.63, 3.8) is 0 Å². The fourth-order valence-corrected chi connectivity index (χ4v) is 0.829. The van der Waals surface area contributed by atoms with Crippen molar-refractivity contribution in [3.05, 3.63) is 29.8 Å². The molecule has 0 heterocycles. The van der Waals surface area contributed by atoms with Crippen molar-refractivity contribution < 1.29 is 5.11 Å². The fraction of sp³-hybridized carbons (Fsp3) is 0.333. The molecule has 1 aromatic carbocycles. The van der Waals surface area contributed by atoms with Crippen LogP contribution in [0, 0.1) is 0 Å². The molecule has 0 fully saturated rings. The summed E-state index contributed by atoms with van der Waals surface area (Å²) in [6.07, 6.45) is 0.875. The van der Waals surface area contributed by atoms with Crippen LogP contribution in [-0.4, -0.2) is 16.6 Å². The number of halogens is 1. The first-order valence-corrected chi connectivity index (χ1v) is 5.84. The SMILES string of the molecule is CI.NCCc1ccc(O)cc1. The summed E-state index contributed by atoms with van der Waals surface area (Å²) in [6, 6.07) is 7.10. The van der Waals surface area contributed by atoms with Crippen LogP contribution < -0.4 is 5.73 Å². The van der Waals surface area contributed by atoms with E-state index in [0.29, 0.717) is 12.3 Å². The third-order valence-corrected chi connectivity index (χ3v) is 1.37. The van der Waals surface area contributed by atoms with Gasteiger partial charge in [-0.1, -0.05) is 34.7 Å². The van der Waals surface area contributed by atoms with Crippen LogP contribution in [0.3, 0.4) is 0 Å². The van der Waals surface area contributed by atoms with Gasteiger partial charge in [0.2, 0.25) is 0 Å². The van der Waals surface area contributed by atoms with E-state index in [1.54, 1.807) is 12.1 Å². The molecule has 0 radical (unpaired) electrons. The summed E-state index contributed by atoms with van der Waals surface area (Å²) in [5.41, 5.74) is 6.50. The van der Waals surface area contributed by atoms with Gasteiger partial charge in [0.25, 0.3) is 0 Å². The fourth-order valence-electron chi connectivity index (χ4n) is 0.829. The largest absolute Gasteiger partial charge is 0.508 e. The van der Waals surface area contributed by atoms with Crippen molar-refractivity contribution >= 4 is 22.6 Å². The van der Waals surface area contributed by atoms with Gasteiger partial charge in [-0.3, -0.25) is 0 Å². The Balaban J connectivity index is 0.000000561. The van der Waals surface area contributed by atoms with E-state index in [-0.39, 0.29) is 0 Å². The topological polar surface area (TPSA) is 46.2 Å². The molecule has 1 rings (SSSR count). The molecule has 0 bridgehead atoms. The molecule has 0 amide bonds. The zero-order valence-corrected chi connectivity index (χ0v) is 9.28. The number of nitrogens with two attached hydrogens (primary N) is 1. The smallest absolute Gasteiger partial charge is 0.115 e. The minimum absolute atomic E-state index is 0.306. The summed E-state index contributed by atoms with van der Waals surface area (Å²) in [6.45, 7) is 0.658. The molecule has 0 unspecified atom stereocenters. The van der Waals surface area contributed by atoms with Gasteiger partial charge in [0.05, 0.1) is 0 Å². The van der Waals surface area contributed by atoms with Gasteiger partial charge in [-0.25, -0.2) is 0 Å². The molecule has 0 aliphatic rings. The number of phenols is 1. The van der Waals surface area contributed by atoms with Gasteiger partial charge in [-0.15, -0.1) is 0 Å². The highest BCUT2D eigenvalue weighted by molar-refractivity contribution is 14.1. The third-order valence-electron chi connectivity index (χ3n) is 1.37. The lowest BCUT2D eigenvalue weighted by molar-refractivity contribution is 0.475. The lowest BCUT2D eigenvalue weighted by Gasteiger charge is -1.96. The van der Waals surface area contributed by atoms with Gasteiger partial charge >= 0.3 is 0 Å². The molecular weight excluding hydrogens is 265 g/mol. The van der Waals surface area contributed by atoms with Crippen molar-refractivity contribution in [1.82, 2.24) is 0 Å². The lowest BCUT2D eigenvalue weighted by atomic mass is 10.1. The van der Waals surface area contributed by atoms with Crippen LogP contribution in [0.1, 0.15) is 5.56 Å². The van der Waals surface area contributed by atoms with Crippen molar-refractivity contribution in [1.29, 1.82) is 0 Å². The number of alkyl halides is 1. The first-order chi connectivity index (χ1) is 5.83. The highest BCUT2D eigenvalue weighted by Crippen LogP contribution is 2.09. The van der Waals surface area contributed by atoms with Crippen LogP contribution in [0.4, 0.5) is 0 Å². The van der Waals surface area contributed by atoms with E-state index in [1.165, 1.54) is 5.56 Å². The Labute approximate surface area is 86.9 Å². The Morgan fingerprint density at radius 1 is 1.25 bits per heavy atom. The maximum Gasteiger partial charge on any atom is 0.115 e. The maximum atomic E-state index is 8.89. The minimum Gasteiger partial charge on any atom is -0.508 e. The van der Waals surface area contributed by atoms with Gasteiger partial charge in [-0.2, -0.15) is 0 Å². The first kappa shape index (κ1) is 11.7. The molecule has 0 atom stereocenters. The number of hydrogen-bond acceptors (Lipinski definition) is 2. The summed E-state index contributed by atoms with van der Waals surface area (Å²) < 4.78 is 0. The molecule has 3 N–H and O–H groups in total. The van der Waals surface area contributed by atoms with Crippen LogP contribution in [0.5, 0.6) is 5.75 Å². The van der Waals surface area contributed by atoms with Gasteiger partial charge in [0, 0.05) is 0 Å². The van der Waals surface area contributed by atoms with Crippen LogP contribution in [0.15, 0.2) is 24.3 Å². The standard InChI is InChI=1S/C8H11NO.CH3I/c9-6-5-7-1-3-8(10)4-2-7;1-2/h1-4,10H,5-6,9H2;1H3. The molecule has 0 aliphatic carbocycles. The molecule has 0 saturated carbocycles. The van der Waals surface area contributed by atoms with E-state index in [4.69, 9.17) is 10.8 Å². The van der Waals surface area contributed by atoms with Gasteiger partial charge in [0.15, 0.2) is 0 Å². The molecular formula is C9H14INO. The molecule has 0 spiro atoms. The maximum absolute atomic E-state index is 8.89. The minimum atomic E-state index is 0.306. The number of aromatic hydroxyl groups is 1. The van der Waals surface area contributed by atoms with E-state index in [2.05, 4.69) is 22.6 Å². The van der Waals surface area contributed by atoms with E-state index in [9.17, 15) is 0 Å². The molecule has 0 aromatic heterocycles. The Kier molecular flexibility index (Phi) is 7.19. The van der Waals surface area contributed by atoms with Crippen LogP contribution in [0.2, 0.25) is 0 Å². The summed E-state index contributed by atoms with van der Waals surface area (Å²) >= 11 is 2.15. The van der Waals surface area contributed by atoms with E-state index >= 15 is 0 Å². The second-order valence-electron chi connectivity index (χ2n) is 2.21. The van der Waals surface area contributed by atoms with E-state index < -0.39 is 0 Å². The summed E-state index contributed by atoms with van der Waals surface area (Å²) in [7, 11) is 0. The molecule has 2 nitrogen and oxygen atoms in total. The Bertz CT molecular complexity index is 198. The molecule has 1 aromatic rings. The van der Waals surface area contributed by atoms with E-state index in [0.717, 1.165) is 6.42 Å². The average molecular weight is 279 g/mol. The van der Waals surface area contributed by atoms with Crippen LogP contribution in [-0.2, 0) is 6.42 Å². The number of phenolic OH excluding ortho intramolecular Hbond substituents is 1. The lowest BCUT2D eigenvalue weighted by Crippen LogP contribution is -2.01. The van der Waals surface area contributed by atoms with Gasteiger partial charge < -0.3 is 10.8 Å². The van der Waals surface area contributed by atoms with Crippen molar-refractivity contribution in [3.8, 4) is 5.75 Å². The molecule has 0 saturated heterocycles. The third kappa shape index (κ3) is 4.56. The summed E-state index contributed by atoms with van der Waals surface area (Å²) in [5.74, 6) is 0.306. The normalized spacial score (nSPS) is 8.58. The average Bonchev–Trinajstić information content (AvgIpc) is 2.13. The summed E-state index contributed by atoms with van der Waals surface area (Å²) in [5, 5.41) is 8.89. The Hall–Kier alpha value is -0.290. The highest BCUT2D eigenvalue weighted by atomic mass is 127. The monoisotopic (exact) mass is 279 g/mol. The van der Waals surface area contributed by atoms with Crippen LogP contribution >= 0.6 is 22.6 Å². The molecule has 0 aliphatic heterocycles. The van der Waals surface area contributed by atoms with Gasteiger partial charge in [-0.05, 0) is 35.6 Å². The van der Waals surface area contributed by atoms with Crippen molar-refractivity contribution in [2.45, 2.75) is 6.42 Å². The predicted octanol–water partition coefficient (Wildman–Crippen LogP) is 1.94. The zero-order valence-electron chi connectivity index (χ0n) is 7.13. The number of hydrogen-bond donors (Lipinski definition) is 2. The second kappa shape index (κ2) is 7.36. The Morgan fingerprint density at radius 3 is 2.17 bits per heavy atom. The molecule has 3 heteroatoms. The van der Waals surface area contributed by atoms with Crippen LogP contribution in [0.25, 0.3) is 0 Å².